The number of ether oxygens (including phenoxy) is 1. The second kappa shape index (κ2) is 9.09. The van der Waals surface area contributed by atoms with Crippen molar-refractivity contribution in [1.29, 1.82) is 0 Å². The summed E-state index contributed by atoms with van der Waals surface area (Å²) in [6, 6.07) is 0.693. The van der Waals surface area contributed by atoms with Gasteiger partial charge in [0.25, 0.3) is 0 Å². The lowest BCUT2D eigenvalue weighted by Gasteiger charge is -2.24. The number of rotatable bonds is 10. The highest BCUT2D eigenvalue weighted by molar-refractivity contribution is 6.60. The van der Waals surface area contributed by atoms with Crippen LogP contribution in [-0.2, 0) is 18.0 Å². The third-order valence-corrected chi connectivity index (χ3v) is 5.06. The highest BCUT2D eigenvalue weighted by atomic mass is 28.4. The Morgan fingerprint density at radius 3 is 1.94 bits per heavy atom. The molecule has 0 spiro atoms. The summed E-state index contributed by atoms with van der Waals surface area (Å²) in [4.78, 5) is 2.14. The van der Waals surface area contributed by atoms with E-state index in [-0.39, 0.29) is 0 Å². The Kier molecular flexibility index (Phi) is 9.10. The van der Waals surface area contributed by atoms with E-state index in [1.807, 2.05) is 0 Å². The highest BCUT2D eigenvalue weighted by Crippen LogP contribution is 2.12. The van der Waals surface area contributed by atoms with E-state index in [0.29, 0.717) is 12.7 Å². The fraction of sp³-hybridized carbons (Fsp3) is 1.00. The molecule has 16 heavy (non-hydrogen) atoms. The zero-order chi connectivity index (χ0) is 12.4. The van der Waals surface area contributed by atoms with E-state index in [4.69, 9.17) is 18.0 Å². The first-order chi connectivity index (χ1) is 7.60. The molecule has 0 atom stereocenters. The van der Waals surface area contributed by atoms with Gasteiger partial charge in [-0.3, -0.25) is 0 Å². The first kappa shape index (κ1) is 16.0. The average molecular weight is 251 g/mol. The van der Waals surface area contributed by atoms with Crippen molar-refractivity contribution in [2.75, 3.05) is 55.2 Å². The van der Waals surface area contributed by atoms with Crippen molar-refractivity contribution in [2.24, 2.45) is 0 Å². The minimum atomic E-state index is -2.43. The van der Waals surface area contributed by atoms with Crippen LogP contribution in [0.4, 0.5) is 0 Å². The van der Waals surface area contributed by atoms with Crippen LogP contribution in [0.15, 0.2) is 0 Å². The van der Waals surface area contributed by atoms with Gasteiger partial charge in [0.05, 0.1) is 6.61 Å². The van der Waals surface area contributed by atoms with Crippen molar-refractivity contribution in [1.82, 2.24) is 4.90 Å². The topological polar surface area (TPSA) is 40.2 Å². The molecule has 0 heterocycles. The molecule has 0 bridgehead atoms. The van der Waals surface area contributed by atoms with Gasteiger partial charge >= 0.3 is 8.80 Å². The molecule has 0 aliphatic carbocycles. The third-order valence-electron chi connectivity index (χ3n) is 2.38. The molecule has 6 heteroatoms. The molecule has 0 radical (unpaired) electrons. The number of hydrogen-bond acceptors (Lipinski definition) is 5. The second-order valence-corrected chi connectivity index (χ2v) is 6.91. The summed E-state index contributed by atoms with van der Waals surface area (Å²) < 4.78 is 21.4. The summed E-state index contributed by atoms with van der Waals surface area (Å²) in [7, 11) is 6.52. The largest absolute Gasteiger partial charge is 0.502 e. The van der Waals surface area contributed by atoms with Crippen LogP contribution in [0.25, 0.3) is 0 Å². The molecule has 0 N–H and O–H groups in total. The lowest BCUT2D eigenvalue weighted by atomic mass is 10.4. The predicted molar refractivity (Wildman–Crippen MR) is 65.6 cm³/mol. The van der Waals surface area contributed by atoms with Gasteiger partial charge in [-0.25, -0.2) is 0 Å². The SMILES string of the molecule is CO[Si](CCOCCCN(C)C)(OC)OC. The van der Waals surface area contributed by atoms with Crippen molar-refractivity contribution < 1.29 is 18.0 Å². The zero-order valence-corrected chi connectivity index (χ0v) is 12.1. The van der Waals surface area contributed by atoms with Crippen molar-refractivity contribution >= 4 is 8.80 Å². The Morgan fingerprint density at radius 2 is 1.50 bits per heavy atom. The monoisotopic (exact) mass is 251 g/mol. The smallest absolute Gasteiger partial charge is 0.381 e. The quantitative estimate of drug-likeness (QED) is 0.425. The first-order valence-electron chi connectivity index (χ1n) is 5.48. The van der Waals surface area contributed by atoms with E-state index in [1.165, 1.54) is 0 Å². The fourth-order valence-corrected chi connectivity index (χ4v) is 2.84. The predicted octanol–water partition coefficient (Wildman–Crippen LogP) is 0.833. The van der Waals surface area contributed by atoms with Crippen LogP contribution >= 0.6 is 0 Å². The fourth-order valence-electron chi connectivity index (χ4n) is 1.34. The van der Waals surface area contributed by atoms with Crippen LogP contribution in [-0.4, -0.2) is 68.9 Å². The minimum Gasteiger partial charge on any atom is -0.381 e. The van der Waals surface area contributed by atoms with Crippen molar-refractivity contribution in [3.63, 3.8) is 0 Å². The molecule has 0 aromatic rings. The van der Waals surface area contributed by atoms with E-state index >= 15 is 0 Å². The first-order valence-corrected chi connectivity index (χ1v) is 7.41. The molecule has 0 amide bonds. The summed E-state index contributed by atoms with van der Waals surface area (Å²) in [5.41, 5.74) is 0. The van der Waals surface area contributed by atoms with Gasteiger partial charge < -0.3 is 22.9 Å². The van der Waals surface area contributed by atoms with Gasteiger partial charge in [-0.2, -0.15) is 0 Å². The van der Waals surface area contributed by atoms with Crippen LogP contribution in [0.5, 0.6) is 0 Å². The summed E-state index contributed by atoms with van der Waals surface area (Å²) in [5.74, 6) is 0. The number of nitrogens with zero attached hydrogens (tertiary/aromatic N) is 1. The van der Waals surface area contributed by atoms with Crippen molar-refractivity contribution in [3.05, 3.63) is 0 Å². The molecule has 0 unspecified atom stereocenters. The average Bonchev–Trinajstić information content (AvgIpc) is 2.29. The maximum absolute atomic E-state index is 5.51. The number of hydrogen-bond donors (Lipinski definition) is 0. The summed E-state index contributed by atoms with van der Waals surface area (Å²) >= 11 is 0. The van der Waals surface area contributed by atoms with E-state index in [9.17, 15) is 0 Å². The van der Waals surface area contributed by atoms with E-state index in [0.717, 1.165) is 19.6 Å². The van der Waals surface area contributed by atoms with Gasteiger partial charge in [-0.15, -0.1) is 0 Å². The molecule has 0 aromatic carbocycles. The Morgan fingerprint density at radius 1 is 0.938 bits per heavy atom. The molecule has 0 aliphatic rings. The maximum Gasteiger partial charge on any atom is 0.502 e. The Hall–Kier alpha value is 0.0169. The standard InChI is InChI=1S/C10H25NO4Si/c1-11(2)7-6-8-15-9-10-16(12-3,13-4)14-5/h6-10H2,1-5H3. The van der Waals surface area contributed by atoms with Crippen molar-refractivity contribution in [2.45, 2.75) is 12.5 Å². The molecule has 0 aliphatic heterocycles. The van der Waals surface area contributed by atoms with E-state index in [1.54, 1.807) is 21.3 Å². The summed E-state index contributed by atoms with van der Waals surface area (Å²) in [6.07, 6.45) is 1.04. The molecular weight excluding hydrogens is 226 g/mol. The van der Waals surface area contributed by atoms with E-state index in [2.05, 4.69) is 19.0 Å². The summed E-state index contributed by atoms with van der Waals surface area (Å²) in [6.45, 7) is 2.43. The van der Waals surface area contributed by atoms with E-state index < -0.39 is 8.80 Å². The van der Waals surface area contributed by atoms with Crippen LogP contribution < -0.4 is 0 Å². The minimum absolute atomic E-state index is 0.620. The molecular formula is C10H25NO4Si. The van der Waals surface area contributed by atoms with Crippen LogP contribution in [0.3, 0.4) is 0 Å². The van der Waals surface area contributed by atoms with Crippen LogP contribution in [0.1, 0.15) is 6.42 Å². The van der Waals surface area contributed by atoms with Gasteiger partial charge in [0.1, 0.15) is 0 Å². The molecule has 0 rings (SSSR count). The molecule has 5 nitrogen and oxygen atoms in total. The normalized spacial score (nSPS) is 12.4. The Bertz CT molecular complexity index is 157. The lowest BCUT2D eigenvalue weighted by Crippen LogP contribution is -2.43. The van der Waals surface area contributed by atoms with Gasteiger partial charge in [-0.05, 0) is 27.1 Å². The maximum atomic E-state index is 5.51. The van der Waals surface area contributed by atoms with Crippen LogP contribution in [0, 0.1) is 0 Å². The van der Waals surface area contributed by atoms with Gasteiger partial charge in [-0.1, -0.05) is 0 Å². The summed E-state index contributed by atoms with van der Waals surface area (Å²) in [5, 5.41) is 0. The molecule has 0 fully saturated rings. The Balaban J connectivity index is 3.55. The van der Waals surface area contributed by atoms with Gasteiger partial charge in [0, 0.05) is 34.0 Å². The van der Waals surface area contributed by atoms with Gasteiger partial charge in [0.15, 0.2) is 0 Å². The second-order valence-electron chi connectivity index (χ2n) is 3.81. The highest BCUT2D eigenvalue weighted by Gasteiger charge is 2.37. The van der Waals surface area contributed by atoms with Gasteiger partial charge in [0.2, 0.25) is 0 Å². The molecule has 0 saturated carbocycles. The molecule has 0 aromatic heterocycles. The van der Waals surface area contributed by atoms with Crippen LogP contribution in [0.2, 0.25) is 6.04 Å². The third kappa shape index (κ3) is 6.57. The zero-order valence-electron chi connectivity index (χ0n) is 11.1. The Labute approximate surface area is 100.0 Å². The lowest BCUT2D eigenvalue weighted by molar-refractivity contribution is 0.0928. The van der Waals surface area contributed by atoms with Crippen molar-refractivity contribution in [3.8, 4) is 0 Å². The molecule has 0 saturated heterocycles. The molecule has 98 valence electrons.